The Morgan fingerprint density at radius 2 is 1.64 bits per heavy atom. The molecule has 1 aromatic carbocycles. The van der Waals surface area contributed by atoms with Crippen molar-refractivity contribution in [2.24, 2.45) is 29.1 Å². The number of carboxylic acid groups (broad SMARTS) is 1. The van der Waals surface area contributed by atoms with Crippen molar-refractivity contribution in [1.29, 1.82) is 0 Å². The summed E-state index contributed by atoms with van der Waals surface area (Å²) in [5.41, 5.74) is 0.00849. The van der Waals surface area contributed by atoms with Crippen LogP contribution in [0.15, 0.2) is 35.7 Å². The van der Waals surface area contributed by atoms with Crippen molar-refractivity contribution in [2.45, 2.75) is 132 Å². The highest BCUT2D eigenvalue weighted by molar-refractivity contribution is 7.09. The Kier molecular flexibility index (Phi) is 18.3. The van der Waals surface area contributed by atoms with Crippen LogP contribution in [-0.4, -0.2) is 76.2 Å². The molecule has 12 heteroatoms. The number of rotatable bonds is 23. The predicted octanol–water partition coefficient (Wildman–Crippen LogP) is 7.11. The van der Waals surface area contributed by atoms with Gasteiger partial charge < -0.3 is 25.4 Å². The van der Waals surface area contributed by atoms with E-state index in [0.717, 1.165) is 12.0 Å². The van der Waals surface area contributed by atoms with Gasteiger partial charge in [-0.25, -0.2) is 4.98 Å². The Morgan fingerprint density at radius 3 is 2.15 bits per heavy atom. The quantitative estimate of drug-likeness (QED) is 0.101. The summed E-state index contributed by atoms with van der Waals surface area (Å²) in [6.45, 7) is 19.1. The van der Waals surface area contributed by atoms with Crippen molar-refractivity contribution in [3.8, 4) is 0 Å². The topological polar surface area (TPSA) is 155 Å². The first kappa shape index (κ1) is 45.5. The van der Waals surface area contributed by atoms with Crippen molar-refractivity contribution in [1.82, 2.24) is 20.5 Å². The highest BCUT2D eigenvalue weighted by Gasteiger charge is 2.38. The maximum Gasteiger partial charge on any atom is 0.309 e. The zero-order chi connectivity index (χ0) is 40.0. The van der Waals surface area contributed by atoms with Crippen LogP contribution in [0.4, 0.5) is 0 Å². The first-order chi connectivity index (χ1) is 24.9. The van der Waals surface area contributed by atoms with E-state index in [1.807, 2.05) is 83.7 Å². The van der Waals surface area contributed by atoms with Crippen molar-refractivity contribution < 1.29 is 33.8 Å². The lowest BCUT2D eigenvalue weighted by molar-refractivity contribution is -0.150. The number of benzene rings is 1. The molecule has 2 rings (SSSR count). The zero-order valence-electron chi connectivity index (χ0n) is 33.7. The summed E-state index contributed by atoms with van der Waals surface area (Å²) in [7, 11) is 1.77. The molecule has 0 radical (unpaired) electrons. The van der Waals surface area contributed by atoms with Gasteiger partial charge in [-0.3, -0.25) is 24.0 Å². The summed E-state index contributed by atoms with van der Waals surface area (Å²) in [5.74, 6) is -2.48. The highest BCUT2D eigenvalue weighted by atomic mass is 32.1. The van der Waals surface area contributed by atoms with E-state index in [2.05, 4.69) is 15.6 Å². The Hall–Kier alpha value is -3.64. The van der Waals surface area contributed by atoms with Gasteiger partial charge >= 0.3 is 11.9 Å². The summed E-state index contributed by atoms with van der Waals surface area (Å²) in [5, 5.41) is 18.0. The number of aromatic nitrogens is 1. The molecule has 2 aromatic rings. The smallest absolute Gasteiger partial charge is 0.309 e. The summed E-state index contributed by atoms with van der Waals surface area (Å²) in [6.07, 6.45) is 1.63. The van der Waals surface area contributed by atoms with Gasteiger partial charge in [0.25, 0.3) is 5.91 Å². The van der Waals surface area contributed by atoms with Crippen LogP contribution in [0, 0.1) is 29.1 Å². The van der Waals surface area contributed by atoms with Crippen LogP contribution in [0.5, 0.6) is 0 Å². The molecule has 0 fully saturated rings. The maximum absolute atomic E-state index is 14.5. The molecule has 0 bridgehead atoms. The molecule has 6 atom stereocenters. The highest BCUT2D eigenvalue weighted by Crippen LogP contribution is 2.33. The van der Waals surface area contributed by atoms with Crippen molar-refractivity contribution in [3.63, 3.8) is 0 Å². The second-order valence-electron chi connectivity index (χ2n) is 15.7. The number of ether oxygens (including phenoxy) is 1. The number of ketones is 1. The van der Waals surface area contributed by atoms with Crippen LogP contribution in [0.3, 0.4) is 0 Å². The molecular formula is C41H64N4O7S. The van der Waals surface area contributed by atoms with Gasteiger partial charge in [-0.05, 0) is 63.5 Å². The average Bonchev–Trinajstić information content (AvgIpc) is 3.58. The summed E-state index contributed by atoms with van der Waals surface area (Å²) < 4.78 is 5.85. The van der Waals surface area contributed by atoms with Gasteiger partial charge in [-0.1, -0.05) is 85.2 Å². The number of hydrogen-bond donors (Lipinski definition) is 3. The molecule has 0 unspecified atom stereocenters. The number of amides is 2. The second kappa shape index (κ2) is 21.3. The summed E-state index contributed by atoms with van der Waals surface area (Å²) >= 11 is 1.20. The van der Waals surface area contributed by atoms with Gasteiger partial charge in [0.05, 0.1) is 11.5 Å². The molecule has 0 saturated heterocycles. The lowest BCUT2D eigenvalue weighted by Gasteiger charge is -2.39. The number of carbonyl (C=O) groups excluding carboxylic acids is 4. The first-order valence-electron chi connectivity index (χ1n) is 19.1. The molecule has 0 aliphatic heterocycles. The van der Waals surface area contributed by atoms with Gasteiger partial charge in [0.1, 0.15) is 10.7 Å². The number of nitrogens with zero attached hydrogens (tertiary/aromatic N) is 2. The molecular weight excluding hydrogens is 693 g/mol. The van der Waals surface area contributed by atoms with Crippen LogP contribution in [-0.2, 0) is 30.3 Å². The molecule has 1 heterocycles. The Bertz CT molecular complexity index is 1490. The molecule has 53 heavy (non-hydrogen) atoms. The number of carboxylic acids is 1. The van der Waals surface area contributed by atoms with Gasteiger partial charge in [-0.2, -0.15) is 0 Å². The van der Waals surface area contributed by atoms with Crippen LogP contribution >= 0.6 is 11.3 Å². The van der Waals surface area contributed by atoms with Crippen LogP contribution in [0.1, 0.15) is 129 Å². The number of likely N-dealkylation sites (N-methyl/N-ethyl adjacent to an activating group) is 1. The number of Topliss-reactive ketones (excluding diaryl/α,β-unsaturated/α-hetero) is 1. The Morgan fingerprint density at radius 1 is 1.00 bits per heavy atom. The lowest BCUT2D eigenvalue weighted by atomic mass is 9.82. The number of esters is 1. The third-order valence-electron chi connectivity index (χ3n) is 10.1. The van der Waals surface area contributed by atoms with E-state index in [1.165, 1.54) is 18.3 Å². The van der Waals surface area contributed by atoms with E-state index >= 15 is 0 Å². The SMILES string of the molecule is CCCN(C(=O)[C@@H](CC(=O)[C@H](NC)C(C)C)[C@@H](C)CC)[C@H](C[C@@H](OC(C)=O)c1nc(C(=O)N[C@@H](Cc2ccccc2)CC(C)(C)C(=O)O)cs1)C(C)C. The second-order valence-corrected chi connectivity index (χ2v) is 16.6. The minimum Gasteiger partial charge on any atom is -0.481 e. The number of thiazole rings is 1. The fraction of sp³-hybridized carbons (Fsp3) is 0.659. The fourth-order valence-electron chi connectivity index (χ4n) is 6.87. The van der Waals surface area contributed by atoms with E-state index in [9.17, 15) is 29.1 Å². The van der Waals surface area contributed by atoms with Crippen LogP contribution < -0.4 is 10.6 Å². The molecule has 3 N–H and O–H groups in total. The normalized spacial score (nSPS) is 15.3. The van der Waals surface area contributed by atoms with E-state index in [4.69, 9.17) is 4.74 Å². The van der Waals surface area contributed by atoms with Crippen LogP contribution in [0.2, 0.25) is 0 Å². The molecule has 2 amide bonds. The predicted molar refractivity (Wildman–Crippen MR) is 210 cm³/mol. The lowest BCUT2D eigenvalue weighted by Crippen LogP contribution is -2.50. The number of nitrogens with one attached hydrogen (secondary N) is 2. The number of aliphatic carboxylic acids is 1. The van der Waals surface area contributed by atoms with Crippen molar-refractivity contribution in [2.75, 3.05) is 13.6 Å². The minimum atomic E-state index is -1.09. The van der Waals surface area contributed by atoms with Gasteiger partial charge in [0.15, 0.2) is 11.9 Å². The molecule has 296 valence electrons. The summed E-state index contributed by atoms with van der Waals surface area (Å²) in [4.78, 5) is 72.6. The summed E-state index contributed by atoms with van der Waals surface area (Å²) in [6, 6.07) is 8.37. The zero-order valence-corrected chi connectivity index (χ0v) is 34.5. The minimum absolute atomic E-state index is 0.0163. The van der Waals surface area contributed by atoms with Gasteiger partial charge in [0, 0.05) is 49.7 Å². The third kappa shape index (κ3) is 13.6. The molecule has 0 aliphatic carbocycles. The largest absolute Gasteiger partial charge is 0.481 e. The Labute approximate surface area is 321 Å². The molecule has 0 aliphatic rings. The fourth-order valence-corrected chi connectivity index (χ4v) is 7.71. The standard InChI is InChI=1S/C41H64N4O7S/c1-12-19-45(39(49)31(27(7)13-2)21-34(47)36(42-11)26(5)6)33(25(3)4)22-35(52-28(8)46)38-44-32(24-53-38)37(48)43-30(23-41(9,10)40(50)51)20-29-17-15-14-16-18-29/h14-18,24-27,30-31,33,35-36,42H,12-13,19-23H2,1-11H3,(H,43,48)(H,50,51)/t27-,30-,31-,33+,35+,36+/m0/s1. The van der Waals surface area contributed by atoms with Crippen molar-refractivity contribution >= 4 is 40.9 Å². The van der Waals surface area contributed by atoms with Crippen LogP contribution in [0.25, 0.3) is 0 Å². The Balaban J connectivity index is 2.44. The van der Waals surface area contributed by atoms with E-state index in [0.29, 0.717) is 24.4 Å². The van der Waals surface area contributed by atoms with E-state index in [-0.39, 0.29) is 66.5 Å². The molecule has 11 nitrogen and oxygen atoms in total. The third-order valence-corrected chi connectivity index (χ3v) is 11.0. The maximum atomic E-state index is 14.5. The molecule has 1 aromatic heterocycles. The number of hydrogen-bond acceptors (Lipinski definition) is 9. The monoisotopic (exact) mass is 756 g/mol. The average molecular weight is 757 g/mol. The molecule has 0 spiro atoms. The molecule has 0 saturated carbocycles. The van der Waals surface area contributed by atoms with Gasteiger partial charge in [-0.15, -0.1) is 11.3 Å². The first-order valence-corrected chi connectivity index (χ1v) is 20.0. The van der Waals surface area contributed by atoms with E-state index < -0.39 is 41.3 Å². The van der Waals surface area contributed by atoms with Gasteiger partial charge in [0.2, 0.25) is 5.91 Å². The van der Waals surface area contributed by atoms with Crippen molar-refractivity contribution in [3.05, 3.63) is 52.0 Å². The van der Waals surface area contributed by atoms with E-state index in [1.54, 1.807) is 26.3 Å². The number of carbonyl (C=O) groups is 5.